The first kappa shape index (κ1) is 13.8. The Morgan fingerprint density at radius 1 is 1.50 bits per heavy atom. The molecule has 4 nitrogen and oxygen atoms in total. The molecule has 0 spiro atoms. The average Bonchev–Trinajstić information content (AvgIpc) is 2.78. The molecule has 18 heavy (non-hydrogen) atoms. The van der Waals surface area contributed by atoms with Gasteiger partial charge in [0, 0.05) is 38.2 Å². The van der Waals surface area contributed by atoms with Gasteiger partial charge in [0.25, 0.3) is 0 Å². The van der Waals surface area contributed by atoms with E-state index in [0.717, 1.165) is 44.7 Å². The van der Waals surface area contributed by atoms with E-state index in [1.54, 1.807) is 0 Å². The predicted molar refractivity (Wildman–Crippen MR) is 72.9 cm³/mol. The van der Waals surface area contributed by atoms with Crippen LogP contribution in [0.2, 0.25) is 0 Å². The van der Waals surface area contributed by atoms with Crippen LogP contribution in [-0.4, -0.2) is 34.4 Å². The number of aromatic nitrogens is 2. The first-order chi connectivity index (χ1) is 8.69. The summed E-state index contributed by atoms with van der Waals surface area (Å²) in [5.74, 6) is 0.634. The van der Waals surface area contributed by atoms with Crippen molar-refractivity contribution in [3.63, 3.8) is 0 Å². The first-order valence-electron chi connectivity index (χ1n) is 6.59. The van der Waals surface area contributed by atoms with Crippen molar-refractivity contribution in [1.82, 2.24) is 15.1 Å². The minimum atomic E-state index is 0.0243. The standard InChI is InChI=1S/C13H22ClN3O/c1-3-11-8-12(17(2)16-11)9-15-13(10-14)4-6-18-7-5-13/h8,15H,3-7,9-10H2,1-2H3. The van der Waals surface area contributed by atoms with Crippen LogP contribution in [0.25, 0.3) is 0 Å². The van der Waals surface area contributed by atoms with Gasteiger partial charge in [-0.3, -0.25) is 4.68 Å². The molecule has 0 saturated carbocycles. The maximum absolute atomic E-state index is 6.14. The monoisotopic (exact) mass is 271 g/mol. The second kappa shape index (κ2) is 6.04. The van der Waals surface area contributed by atoms with E-state index in [-0.39, 0.29) is 5.54 Å². The maximum Gasteiger partial charge on any atom is 0.0625 e. The lowest BCUT2D eigenvalue weighted by Crippen LogP contribution is -2.50. The fourth-order valence-corrected chi connectivity index (χ4v) is 2.67. The molecule has 0 radical (unpaired) electrons. The molecular weight excluding hydrogens is 250 g/mol. The molecule has 1 aliphatic rings. The van der Waals surface area contributed by atoms with Crippen LogP contribution in [0.3, 0.4) is 0 Å². The number of halogens is 1. The van der Waals surface area contributed by atoms with Gasteiger partial charge in [-0.25, -0.2) is 0 Å². The van der Waals surface area contributed by atoms with E-state index in [2.05, 4.69) is 23.4 Å². The van der Waals surface area contributed by atoms with Gasteiger partial charge in [0.1, 0.15) is 0 Å². The molecule has 0 unspecified atom stereocenters. The van der Waals surface area contributed by atoms with E-state index >= 15 is 0 Å². The highest BCUT2D eigenvalue weighted by atomic mass is 35.5. The highest BCUT2D eigenvalue weighted by Crippen LogP contribution is 2.22. The molecule has 1 aromatic heterocycles. The molecule has 1 fully saturated rings. The molecule has 0 atom stereocenters. The lowest BCUT2D eigenvalue weighted by Gasteiger charge is -2.36. The SMILES string of the molecule is CCc1cc(CNC2(CCl)CCOCC2)n(C)n1. The Morgan fingerprint density at radius 2 is 2.22 bits per heavy atom. The summed E-state index contributed by atoms with van der Waals surface area (Å²) in [4.78, 5) is 0. The Kier molecular flexibility index (Phi) is 4.65. The lowest BCUT2D eigenvalue weighted by molar-refractivity contribution is 0.0457. The molecule has 0 bridgehead atoms. The van der Waals surface area contributed by atoms with Crippen LogP contribution in [0.1, 0.15) is 31.2 Å². The lowest BCUT2D eigenvalue weighted by atomic mass is 9.92. The summed E-state index contributed by atoms with van der Waals surface area (Å²) in [6, 6.07) is 2.16. The van der Waals surface area contributed by atoms with Gasteiger partial charge in [0.15, 0.2) is 0 Å². The zero-order valence-corrected chi connectivity index (χ0v) is 12.0. The Balaban J connectivity index is 1.98. The van der Waals surface area contributed by atoms with Crippen LogP contribution < -0.4 is 5.32 Å². The summed E-state index contributed by atoms with van der Waals surface area (Å²) in [6.07, 6.45) is 2.94. The molecular formula is C13H22ClN3O. The zero-order valence-electron chi connectivity index (χ0n) is 11.2. The number of nitrogens with one attached hydrogen (secondary N) is 1. The number of aryl methyl sites for hydroxylation is 2. The van der Waals surface area contributed by atoms with Crippen LogP contribution in [0.15, 0.2) is 6.07 Å². The van der Waals surface area contributed by atoms with Crippen molar-refractivity contribution >= 4 is 11.6 Å². The second-order valence-electron chi connectivity index (χ2n) is 4.98. The summed E-state index contributed by atoms with van der Waals surface area (Å²) in [7, 11) is 1.99. The van der Waals surface area contributed by atoms with E-state index in [0.29, 0.717) is 5.88 Å². The summed E-state index contributed by atoms with van der Waals surface area (Å²) < 4.78 is 7.36. The minimum absolute atomic E-state index is 0.0243. The quantitative estimate of drug-likeness (QED) is 0.831. The van der Waals surface area contributed by atoms with E-state index in [9.17, 15) is 0 Å². The Hall–Kier alpha value is -0.580. The smallest absolute Gasteiger partial charge is 0.0625 e. The van der Waals surface area contributed by atoms with E-state index in [4.69, 9.17) is 16.3 Å². The van der Waals surface area contributed by atoms with Crippen molar-refractivity contribution in [2.45, 2.75) is 38.3 Å². The zero-order chi connectivity index (χ0) is 13.0. The van der Waals surface area contributed by atoms with Gasteiger partial charge in [-0.15, -0.1) is 11.6 Å². The third kappa shape index (κ3) is 3.05. The molecule has 1 aromatic rings. The van der Waals surface area contributed by atoms with Crippen LogP contribution >= 0.6 is 11.6 Å². The molecule has 102 valence electrons. The summed E-state index contributed by atoms with van der Waals surface area (Å²) in [6.45, 7) is 4.53. The van der Waals surface area contributed by atoms with Crippen LogP contribution in [0, 0.1) is 0 Å². The van der Waals surface area contributed by atoms with Crippen LogP contribution in [0.5, 0.6) is 0 Å². The van der Waals surface area contributed by atoms with Gasteiger partial charge >= 0.3 is 0 Å². The van der Waals surface area contributed by atoms with Gasteiger partial charge < -0.3 is 10.1 Å². The molecule has 1 aliphatic heterocycles. The highest BCUT2D eigenvalue weighted by Gasteiger charge is 2.31. The number of nitrogens with zero attached hydrogens (tertiary/aromatic N) is 2. The summed E-state index contributed by atoms with van der Waals surface area (Å²) >= 11 is 6.14. The van der Waals surface area contributed by atoms with E-state index < -0.39 is 0 Å². The van der Waals surface area contributed by atoms with E-state index in [1.807, 2.05) is 11.7 Å². The van der Waals surface area contributed by atoms with E-state index in [1.165, 1.54) is 5.69 Å². The number of rotatable bonds is 5. The molecule has 2 heterocycles. The third-order valence-electron chi connectivity index (χ3n) is 3.74. The van der Waals surface area contributed by atoms with Crippen molar-refractivity contribution in [2.75, 3.05) is 19.1 Å². The fourth-order valence-electron chi connectivity index (χ4n) is 2.31. The Morgan fingerprint density at radius 3 is 2.78 bits per heavy atom. The first-order valence-corrected chi connectivity index (χ1v) is 7.13. The Labute approximate surface area is 114 Å². The number of alkyl halides is 1. The second-order valence-corrected chi connectivity index (χ2v) is 5.25. The summed E-state index contributed by atoms with van der Waals surface area (Å²) in [5.41, 5.74) is 2.38. The molecule has 2 rings (SSSR count). The molecule has 0 aromatic carbocycles. The topological polar surface area (TPSA) is 39.1 Å². The molecule has 5 heteroatoms. The minimum Gasteiger partial charge on any atom is -0.381 e. The van der Waals surface area contributed by atoms with Gasteiger partial charge in [-0.1, -0.05) is 6.92 Å². The van der Waals surface area contributed by atoms with Gasteiger partial charge in [0.2, 0.25) is 0 Å². The molecule has 1 N–H and O–H groups in total. The predicted octanol–water partition coefficient (Wildman–Crippen LogP) is 1.86. The van der Waals surface area contributed by atoms with Crippen molar-refractivity contribution in [1.29, 1.82) is 0 Å². The van der Waals surface area contributed by atoms with Gasteiger partial charge in [-0.05, 0) is 25.3 Å². The van der Waals surface area contributed by atoms with Gasteiger partial charge in [0.05, 0.1) is 11.4 Å². The summed E-state index contributed by atoms with van der Waals surface area (Å²) in [5, 5.41) is 8.07. The fraction of sp³-hybridized carbons (Fsp3) is 0.769. The van der Waals surface area contributed by atoms with Gasteiger partial charge in [-0.2, -0.15) is 5.10 Å². The van der Waals surface area contributed by atoms with Crippen molar-refractivity contribution in [3.8, 4) is 0 Å². The largest absolute Gasteiger partial charge is 0.381 e. The average molecular weight is 272 g/mol. The maximum atomic E-state index is 6.14. The number of hydrogen-bond donors (Lipinski definition) is 1. The van der Waals surface area contributed by atoms with Crippen molar-refractivity contribution in [2.24, 2.45) is 7.05 Å². The van der Waals surface area contributed by atoms with Crippen molar-refractivity contribution < 1.29 is 4.74 Å². The number of ether oxygens (including phenoxy) is 1. The highest BCUT2D eigenvalue weighted by molar-refractivity contribution is 6.18. The van der Waals surface area contributed by atoms with Crippen molar-refractivity contribution in [3.05, 3.63) is 17.5 Å². The normalized spacial score (nSPS) is 19.1. The number of hydrogen-bond acceptors (Lipinski definition) is 3. The third-order valence-corrected chi connectivity index (χ3v) is 4.25. The van der Waals surface area contributed by atoms with Crippen LogP contribution in [-0.2, 0) is 24.8 Å². The van der Waals surface area contributed by atoms with Crippen LogP contribution in [0.4, 0.5) is 0 Å². The molecule has 1 saturated heterocycles. The molecule has 0 aliphatic carbocycles. The molecule has 0 amide bonds. The Bertz CT molecular complexity index is 386.